The molecule has 60 valence electrons. The number of hydrogen-bond donors (Lipinski definition) is 2. The van der Waals surface area contributed by atoms with Crippen molar-refractivity contribution < 1.29 is 4.79 Å². The first kappa shape index (κ1) is 8.36. The first-order chi connectivity index (χ1) is 4.88. The van der Waals surface area contributed by atoms with E-state index in [4.69, 9.17) is 0 Å². The largest absolute Gasteiger partial charge is 0.367 e. The first-order valence-electron chi connectivity index (χ1n) is 2.97. The van der Waals surface area contributed by atoms with E-state index >= 15 is 0 Å². The van der Waals surface area contributed by atoms with Crippen molar-refractivity contribution in [3.63, 3.8) is 0 Å². The van der Waals surface area contributed by atoms with Gasteiger partial charge in [0, 0.05) is 0 Å². The predicted octanol–water partition coefficient (Wildman–Crippen LogP) is 1.28. The van der Waals surface area contributed by atoms with E-state index in [1.807, 2.05) is 11.4 Å². The fraction of sp³-hybridized carbons (Fsp3) is 0.167. The lowest BCUT2D eigenvalue weighted by molar-refractivity contribution is 0.0957. The van der Waals surface area contributed by atoms with E-state index in [2.05, 4.69) is 10.6 Å². The van der Waals surface area contributed by atoms with Crippen LogP contribution in [0.4, 0.5) is 5.69 Å². The van der Waals surface area contributed by atoms with Crippen LogP contribution in [0.3, 0.4) is 0 Å². The summed E-state index contributed by atoms with van der Waals surface area (Å²) in [6, 6.07) is 1.92. The zero-order chi connectivity index (χ0) is 6.97. The topological polar surface area (TPSA) is 41.1 Å². The normalized spacial score (nSPS) is 14.0. The van der Waals surface area contributed by atoms with E-state index in [0.29, 0.717) is 6.67 Å². The Labute approximate surface area is 74.2 Å². The van der Waals surface area contributed by atoms with Crippen LogP contribution in [0.2, 0.25) is 0 Å². The highest BCUT2D eigenvalue weighted by atomic mass is 35.5. The molecule has 0 spiro atoms. The average Bonchev–Trinajstić information content (AvgIpc) is 2.36. The molecular formula is C6H7ClN2OS. The minimum Gasteiger partial charge on any atom is -0.367 e. The molecule has 0 atom stereocenters. The zero-order valence-corrected chi connectivity index (χ0v) is 7.22. The van der Waals surface area contributed by atoms with Crippen molar-refractivity contribution in [2.24, 2.45) is 0 Å². The molecule has 11 heavy (non-hydrogen) atoms. The third-order valence-corrected chi connectivity index (χ3v) is 2.31. The molecule has 0 fully saturated rings. The van der Waals surface area contributed by atoms with Gasteiger partial charge in [0.25, 0.3) is 5.91 Å². The molecule has 0 aliphatic carbocycles. The number of anilines is 1. The minimum atomic E-state index is 0. The monoisotopic (exact) mass is 190 g/mol. The van der Waals surface area contributed by atoms with Gasteiger partial charge in [0.05, 0.1) is 12.4 Å². The highest BCUT2D eigenvalue weighted by molar-refractivity contribution is 7.12. The molecule has 1 aromatic rings. The second-order valence-corrected chi connectivity index (χ2v) is 2.94. The lowest BCUT2D eigenvalue weighted by Gasteiger charge is -2.13. The third-order valence-electron chi connectivity index (χ3n) is 1.40. The number of carbonyl (C=O) groups is 1. The molecule has 0 bridgehead atoms. The molecule has 3 nitrogen and oxygen atoms in total. The van der Waals surface area contributed by atoms with Crippen LogP contribution in [-0.4, -0.2) is 12.6 Å². The van der Waals surface area contributed by atoms with Crippen LogP contribution < -0.4 is 10.6 Å². The highest BCUT2D eigenvalue weighted by Crippen LogP contribution is 2.23. The summed E-state index contributed by atoms with van der Waals surface area (Å²) in [5, 5.41) is 7.64. The Morgan fingerprint density at radius 2 is 2.27 bits per heavy atom. The smallest absolute Gasteiger partial charge is 0.264 e. The number of amides is 1. The lowest BCUT2D eigenvalue weighted by Crippen LogP contribution is -2.33. The number of carbonyl (C=O) groups excluding carboxylic acids is 1. The summed E-state index contributed by atoms with van der Waals surface area (Å²) in [5.74, 6) is 0.0313. The molecule has 0 unspecified atom stereocenters. The molecule has 0 saturated carbocycles. The molecular weight excluding hydrogens is 184 g/mol. The van der Waals surface area contributed by atoms with Gasteiger partial charge in [-0.15, -0.1) is 23.7 Å². The SMILES string of the molecule is Cl.O=C1NCNc2ccsc21. The Kier molecular flexibility index (Phi) is 2.36. The maximum atomic E-state index is 11.0. The lowest BCUT2D eigenvalue weighted by atomic mass is 10.3. The quantitative estimate of drug-likeness (QED) is 0.647. The van der Waals surface area contributed by atoms with Gasteiger partial charge in [-0.3, -0.25) is 4.79 Å². The fourth-order valence-electron chi connectivity index (χ4n) is 0.924. The molecule has 2 rings (SSSR count). The van der Waals surface area contributed by atoms with Crippen LogP contribution >= 0.6 is 23.7 Å². The number of halogens is 1. The number of nitrogens with one attached hydrogen (secondary N) is 2. The maximum Gasteiger partial charge on any atom is 0.264 e. The van der Waals surface area contributed by atoms with Crippen molar-refractivity contribution in [1.82, 2.24) is 5.32 Å². The highest BCUT2D eigenvalue weighted by Gasteiger charge is 2.15. The molecule has 0 radical (unpaired) electrons. The Balaban J connectivity index is 0.000000605. The molecule has 2 heterocycles. The predicted molar refractivity (Wildman–Crippen MR) is 47.5 cm³/mol. The summed E-state index contributed by atoms with van der Waals surface area (Å²) in [6.07, 6.45) is 0. The van der Waals surface area contributed by atoms with Crippen molar-refractivity contribution in [2.45, 2.75) is 0 Å². The standard InChI is InChI=1S/C6H6N2OS.ClH/c9-6-5-4(1-2-10-5)7-3-8-6;/h1-2,7H,3H2,(H,8,9);1H. The maximum absolute atomic E-state index is 11.0. The van der Waals surface area contributed by atoms with Gasteiger partial charge in [-0.05, 0) is 11.4 Å². The molecule has 5 heteroatoms. The van der Waals surface area contributed by atoms with Gasteiger partial charge in [-0.25, -0.2) is 0 Å². The third kappa shape index (κ3) is 1.32. The van der Waals surface area contributed by atoms with Gasteiger partial charge in [-0.2, -0.15) is 0 Å². The van der Waals surface area contributed by atoms with Crippen molar-refractivity contribution >= 4 is 35.3 Å². The summed E-state index contributed by atoms with van der Waals surface area (Å²) in [7, 11) is 0. The molecule has 1 aliphatic rings. The van der Waals surface area contributed by atoms with Crippen LogP contribution in [0.15, 0.2) is 11.4 Å². The molecule has 0 saturated heterocycles. The van der Waals surface area contributed by atoms with E-state index in [-0.39, 0.29) is 18.3 Å². The Hall–Kier alpha value is -0.740. The van der Waals surface area contributed by atoms with E-state index in [0.717, 1.165) is 10.6 Å². The van der Waals surface area contributed by atoms with Crippen LogP contribution in [0.1, 0.15) is 9.67 Å². The molecule has 1 amide bonds. The van der Waals surface area contributed by atoms with E-state index in [1.165, 1.54) is 11.3 Å². The first-order valence-corrected chi connectivity index (χ1v) is 3.85. The number of thiophene rings is 1. The average molecular weight is 191 g/mol. The summed E-state index contributed by atoms with van der Waals surface area (Å²) in [6.45, 7) is 0.544. The summed E-state index contributed by atoms with van der Waals surface area (Å²) < 4.78 is 0. The van der Waals surface area contributed by atoms with E-state index in [1.54, 1.807) is 0 Å². The van der Waals surface area contributed by atoms with Crippen LogP contribution in [0, 0.1) is 0 Å². The second-order valence-electron chi connectivity index (χ2n) is 2.02. The molecule has 1 aromatic heterocycles. The fourth-order valence-corrected chi connectivity index (χ4v) is 1.71. The van der Waals surface area contributed by atoms with Crippen LogP contribution in [0.25, 0.3) is 0 Å². The molecule has 0 aromatic carbocycles. The zero-order valence-electron chi connectivity index (χ0n) is 5.59. The minimum absolute atomic E-state index is 0. The summed E-state index contributed by atoms with van der Waals surface area (Å²) in [4.78, 5) is 11.8. The van der Waals surface area contributed by atoms with Gasteiger partial charge >= 0.3 is 0 Å². The van der Waals surface area contributed by atoms with Gasteiger partial charge < -0.3 is 10.6 Å². The number of rotatable bonds is 0. The van der Waals surface area contributed by atoms with E-state index < -0.39 is 0 Å². The summed E-state index contributed by atoms with van der Waals surface area (Å²) >= 11 is 1.46. The number of fused-ring (bicyclic) bond motifs is 1. The molecule has 2 N–H and O–H groups in total. The second kappa shape index (κ2) is 3.11. The Bertz CT molecular complexity index is 273. The van der Waals surface area contributed by atoms with E-state index in [9.17, 15) is 4.79 Å². The Morgan fingerprint density at radius 1 is 1.45 bits per heavy atom. The van der Waals surface area contributed by atoms with Crippen molar-refractivity contribution in [2.75, 3.05) is 12.0 Å². The van der Waals surface area contributed by atoms with Crippen molar-refractivity contribution in [1.29, 1.82) is 0 Å². The van der Waals surface area contributed by atoms with Crippen LogP contribution in [0.5, 0.6) is 0 Å². The van der Waals surface area contributed by atoms with Crippen molar-refractivity contribution in [3.8, 4) is 0 Å². The molecule has 1 aliphatic heterocycles. The Morgan fingerprint density at radius 3 is 3.00 bits per heavy atom. The van der Waals surface area contributed by atoms with Gasteiger partial charge in [-0.1, -0.05) is 0 Å². The summed E-state index contributed by atoms with van der Waals surface area (Å²) in [5.41, 5.74) is 0.953. The van der Waals surface area contributed by atoms with Crippen LogP contribution in [-0.2, 0) is 0 Å². The van der Waals surface area contributed by atoms with Crippen molar-refractivity contribution in [3.05, 3.63) is 16.3 Å². The number of hydrogen-bond acceptors (Lipinski definition) is 3. The van der Waals surface area contributed by atoms with Gasteiger partial charge in [0.2, 0.25) is 0 Å². The van der Waals surface area contributed by atoms with Gasteiger partial charge in [0.15, 0.2) is 0 Å². The van der Waals surface area contributed by atoms with Gasteiger partial charge in [0.1, 0.15) is 4.88 Å².